The molecule has 1 fully saturated rings. The first-order valence-electron chi connectivity index (χ1n) is 6.70. The Bertz CT molecular complexity index is 276. The summed E-state index contributed by atoms with van der Waals surface area (Å²) >= 11 is 0. The SMILES string of the molecule is CN1CCCC(C(CN)NC(=O)OC(C)(C)C)C1. The molecule has 0 aromatic heterocycles. The number of ether oxygens (including phenoxy) is 1. The zero-order valence-electron chi connectivity index (χ0n) is 12.0. The average Bonchev–Trinajstić information content (AvgIpc) is 2.23. The lowest BCUT2D eigenvalue weighted by Gasteiger charge is -2.35. The molecule has 1 saturated heterocycles. The van der Waals surface area contributed by atoms with Crippen LogP contribution in [0.2, 0.25) is 0 Å². The molecular weight excluding hydrogens is 230 g/mol. The number of rotatable bonds is 3. The van der Waals surface area contributed by atoms with E-state index in [2.05, 4.69) is 17.3 Å². The largest absolute Gasteiger partial charge is 0.444 e. The second kappa shape index (κ2) is 6.38. The minimum Gasteiger partial charge on any atom is -0.444 e. The predicted octanol–water partition coefficient (Wildman–Crippen LogP) is 1.18. The first-order chi connectivity index (χ1) is 8.31. The molecule has 5 nitrogen and oxygen atoms in total. The molecule has 0 aromatic carbocycles. The number of hydrogen-bond donors (Lipinski definition) is 2. The highest BCUT2D eigenvalue weighted by molar-refractivity contribution is 5.68. The Labute approximate surface area is 110 Å². The summed E-state index contributed by atoms with van der Waals surface area (Å²) < 4.78 is 5.27. The monoisotopic (exact) mass is 257 g/mol. The summed E-state index contributed by atoms with van der Waals surface area (Å²) in [7, 11) is 2.10. The summed E-state index contributed by atoms with van der Waals surface area (Å²) in [4.78, 5) is 14.0. The standard InChI is InChI=1S/C13H27N3O2/c1-13(2,3)18-12(17)15-11(8-14)10-6-5-7-16(4)9-10/h10-11H,5-9,14H2,1-4H3,(H,15,17). The van der Waals surface area contributed by atoms with Gasteiger partial charge in [0.1, 0.15) is 5.60 Å². The van der Waals surface area contributed by atoms with E-state index in [1.807, 2.05) is 20.8 Å². The van der Waals surface area contributed by atoms with E-state index in [9.17, 15) is 4.79 Å². The van der Waals surface area contributed by atoms with Crippen LogP contribution in [0, 0.1) is 5.92 Å². The summed E-state index contributed by atoms with van der Waals surface area (Å²) in [5.41, 5.74) is 5.31. The molecular formula is C13H27N3O2. The van der Waals surface area contributed by atoms with Crippen LogP contribution >= 0.6 is 0 Å². The molecule has 0 aliphatic carbocycles. The van der Waals surface area contributed by atoms with Gasteiger partial charge in [0.25, 0.3) is 0 Å². The van der Waals surface area contributed by atoms with Gasteiger partial charge in [-0.15, -0.1) is 0 Å². The molecule has 1 amide bonds. The van der Waals surface area contributed by atoms with Crippen molar-refractivity contribution in [2.24, 2.45) is 11.7 Å². The molecule has 1 heterocycles. The van der Waals surface area contributed by atoms with Crippen molar-refractivity contribution in [3.8, 4) is 0 Å². The van der Waals surface area contributed by atoms with Gasteiger partial charge < -0.3 is 20.7 Å². The zero-order valence-corrected chi connectivity index (χ0v) is 12.0. The van der Waals surface area contributed by atoms with Gasteiger partial charge in [0.15, 0.2) is 0 Å². The van der Waals surface area contributed by atoms with Gasteiger partial charge in [0.2, 0.25) is 0 Å². The number of nitrogens with one attached hydrogen (secondary N) is 1. The second-order valence-electron chi connectivity index (χ2n) is 6.15. The summed E-state index contributed by atoms with van der Waals surface area (Å²) in [6.07, 6.45) is 1.90. The van der Waals surface area contributed by atoms with E-state index in [4.69, 9.17) is 10.5 Å². The lowest BCUT2D eigenvalue weighted by Crippen LogP contribution is -2.51. The molecule has 0 radical (unpaired) electrons. The van der Waals surface area contributed by atoms with E-state index >= 15 is 0 Å². The molecule has 0 bridgehead atoms. The van der Waals surface area contributed by atoms with E-state index in [0.29, 0.717) is 12.5 Å². The Hall–Kier alpha value is -0.810. The molecule has 0 spiro atoms. The number of piperidine rings is 1. The third-order valence-electron chi connectivity index (χ3n) is 3.19. The van der Waals surface area contributed by atoms with E-state index in [1.165, 1.54) is 0 Å². The lowest BCUT2D eigenvalue weighted by molar-refractivity contribution is 0.0468. The van der Waals surface area contributed by atoms with Crippen LogP contribution in [-0.4, -0.2) is 49.3 Å². The Morgan fingerprint density at radius 2 is 2.22 bits per heavy atom. The average molecular weight is 257 g/mol. The van der Waals surface area contributed by atoms with E-state index < -0.39 is 5.60 Å². The smallest absolute Gasteiger partial charge is 0.407 e. The highest BCUT2D eigenvalue weighted by Crippen LogP contribution is 2.18. The predicted molar refractivity (Wildman–Crippen MR) is 72.4 cm³/mol. The maximum absolute atomic E-state index is 11.7. The van der Waals surface area contributed by atoms with Crippen molar-refractivity contribution in [2.45, 2.75) is 45.3 Å². The number of hydrogen-bond acceptors (Lipinski definition) is 4. The van der Waals surface area contributed by atoms with Crippen LogP contribution in [0.3, 0.4) is 0 Å². The molecule has 1 rings (SSSR count). The number of nitrogens with two attached hydrogens (primary N) is 1. The molecule has 106 valence electrons. The molecule has 0 saturated carbocycles. The molecule has 5 heteroatoms. The van der Waals surface area contributed by atoms with Crippen molar-refractivity contribution < 1.29 is 9.53 Å². The van der Waals surface area contributed by atoms with Crippen molar-refractivity contribution in [3.63, 3.8) is 0 Å². The van der Waals surface area contributed by atoms with Gasteiger partial charge in [0.05, 0.1) is 0 Å². The normalized spacial score (nSPS) is 23.5. The van der Waals surface area contributed by atoms with Gasteiger partial charge >= 0.3 is 6.09 Å². The van der Waals surface area contributed by atoms with Crippen LogP contribution in [0.15, 0.2) is 0 Å². The summed E-state index contributed by atoms with van der Waals surface area (Å²) in [5, 5.41) is 2.90. The van der Waals surface area contributed by atoms with Gasteiger partial charge in [0, 0.05) is 19.1 Å². The van der Waals surface area contributed by atoms with Crippen LogP contribution in [0.25, 0.3) is 0 Å². The topological polar surface area (TPSA) is 67.6 Å². The highest BCUT2D eigenvalue weighted by Gasteiger charge is 2.27. The number of alkyl carbamates (subject to hydrolysis) is 1. The Morgan fingerprint density at radius 1 is 1.56 bits per heavy atom. The van der Waals surface area contributed by atoms with Gasteiger partial charge in [-0.1, -0.05) is 0 Å². The maximum Gasteiger partial charge on any atom is 0.407 e. The number of likely N-dealkylation sites (tertiary alicyclic amines) is 1. The molecule has 1 aliphatic rings. The Morgan fingerprint density at radius 3 is 2.72 bits per heavy atom. The van der Waals surface area contributed by atoms with Crippen LogP contribution in [-0.2, 0) is 4.74 Å². The van der Waals surface area contributed by atoms with Crippen molar-refractivity contribution in [1.29, 1.82) is 0 Å². The Kier molecular flexibility index (Phi) is 5.41. The quantitative estimate of drug-likeness (QED) is 0.796. The van der Waals surface area contributed by atoms with Crippen molar-refractivity contribution in [1.82, 2.24) is 10.2 Å². The lowest BCUT2D eigenvalue weighted by atomic mass is 9.91. The first-order valence-corrected chi connectivity index (χ1v) is 6.70. The van der Waals surface area contributed by atoms with E-state index in [-0.39, 0.29) is 12.1 Å². The first kappa shape index (κ1) is 15.2. The van der Waals surface area contributed by atoms with E-state index in [1.54, 1.807) is 0 Å². The van der Waals surface area contributed by atoms with Gasteiger partial charge in [-0.05, 0) is 53.1 Å². The summed E-state index contributed by atoms with van der Waals surface area (Å²) in [6, 6.07) is 0.00241. The minimum atomic E-state index is -0.466. The minimum absolute atomic E-state index is 0.00241. The molecule has 2 unspecified atom stereocenters. The third-order valence-corrected chi connectivity index (χ3v) is 3.19. The van der Waals surface area contributed by atoms with Gasteiger partial charge in [-0.25, -0.2) is 4.79 Å². The molecule has 18 heavy (non-hydrogen) atoms. The third kappa shape index (κ3) is 5.23. The molecule has 0 aromatic rings. The summed E-state index contributed by atoms with van der Waals surface area (Å²) in [5.74, 6) is 0.418. The van der Waals surface area contributed by atoms with Crippen LogP contribution < -0.4 is 11.1 Å². The zero-order chi connectivity index (χ0) is 13.8. The van der Waals surface area contributed by atoms with Crippen molar-refractivity contribution in [3.05, 3.63) is 0 Å². The fourth-order valence-corrected chi connectivity index (χ4v) is 2.36. The molecule has 3 N–H and O–H groups in total. The fourth-order valence-electron chi connectivity index (χ4n) is 2.36. The van der Waals surface area contributed by atoms with Gasteiger partial charge in [-0.3, -0.25) is 0 Å². The van der Waals surface area contributed by atoms with E-state index in [0.717, 1.165) is 25.9 Å². The van der Waals surface area contributed by atoms with Crippen molar-refractivity contribution >= 4 is 6.09 Å². The Balaban J connectivity index is 2.48. The number of nitrogens with zero attached hydrogens (tertiary/aromatic N) is 1. The van der Waals surface area contributed by atoms with Crippen LogP contribution in [0.5, 0.6) is 0 Å². The molecule has 2 atom stereocenters. The highest BCUT2D eigenvalue weighted by atomic mass is 16.6. The maximum atomic E-state index is 11.7. The second-order valence-corrected chi connectivity index (χ2v) is 6.15. The fraction of sp³-hybridized carbons (Fsp3) is 0.923. The summed E-state index contributed by atoms with van der Waals surface area (Å²) in [6.45, 7) is 8.14. The number of carbonyl (C=O) groups excluding carboxylic acids is 1. The number of amides is 1. The van der Waals surface area contributed by atoms with Crippen LogP contribution in [0.4, 0.5) is 4.79 Å². The van der Waals surface area contributed by atoms with Gasteiger partial charge in [-0.2, -0.15) is 0 Å². The molecule has 1 aliphatic heterocycles. The van der Waals surface area contributed by atoms with Crippen molar-refractivity contribution in [2.75, 3.05) is 26.7 Å². The number of carbonyl (C=O) groups is 1. The van der Waals surface area contributed by atoms with Crippen LogP contribution in [0.1, 0.15) is 33.6 Å².